The number of nitrogens with zero attached hydrogens (tertiary/aromatic N) is 1. The molecule has 0 aliphatic rings. The lowest BCUT2D eigenvalue weighted by Gasteiger charge is -2.32. The summed E-state index contributed by atoms with van der Waals surface area (Å²) in [5, 5.41) is 15.8. The van der Waals surface area contributed by atoms with Crippen molar-refractivity contribution in [3.8, 4) is 5.75 Å². The predicted molar refractivity (Wildman–Crippen MR) is 123 cm³/mol. The summed E-state index contributed by atoms with van der Waals surface area (Å²) in [6.45, 7) is 10.2. The smallest absolute Gasteiger partial charge is 0.408 e. The number of primary amides is 1. The third-order valence-electron chi connectivity index (χ3n) is 4.65. The lowest BCUT2D eigenvalue weighted by Crippen LogP contribution is -2.52. The molecule has 1 aromatic rings. The lowest BCUT2D eigenvalue weighted by molar-refractivity contribution is -0.141. The van der Waals surface area contributed by atoms with Crippen LogP contribution in [-0.2, 0) is 19.1 Å². The standard InChI is InChI=1S/C23H36N4O6/c1-13(2)25-20(30)18(15-10-8-9-14(3)19(15)29)27(7)21(31)16(11-12-17(24)28)26-22(32)33-23(4,5)6/h8-10,13,16,18,29H,11-12H2,1-7H3,(H2,24,28)(H,25,30)(H,26,32). The van der Waals surface area contributed by atoms with E-state index in [1.165, 1.54) is 7.05 Å². The maximum Gasteiger partial charge on any atom is 0.408 e. The van der Waals surface area contributed by atoms with E-state index in [1.54, 1.807) is 59.7 Å². The summed E-state index contributed by atoms with van der Waals surface area (Å²) < 4.78 is 5.23. The van der Waals surface area contributed by atoms with Crippen LogP contribution >= 0.6 is 0 Å². The molecule has 5 N–H and O–H groups in total. The molecule has 0 saturated heterocycles. The molecule has 0 fully saturated rings. The van der Waals surface area contributed by atoms with Gasteiger partial charge in [-0.3, -0.25) is 14.4 Å². The van der Waals surface area contributed by atoms with E-state index in [1.807, 2.05) is 0 Å². The van der Waals surface area contributed by atoms with Crippen molar-refractivity contribution >= 4 is 23.8 Å². The van der Waals surface area contributed by atoms with Gasteiger partial charge in [-0.2, -0.15) is 0 Å². The van der Waals surface area contributed by atoms with Crippen molar-refractivity contribution in [1.82, 2.24) is 15.5 Å². The zero-order chi connectivity index (χ0) is 25.5. The normalized spacial score (nSPS) is 13.1. The van der Waals surface area contributed by atoms with Gasteiger partial charge < -0.3 is 31.1 Å². The number of ether oxygens (including phenoxy) is 1. The molecule has 0 aliphatic carbocycles. The van der Waals surface area contributed by atoms with Crippen LogP contribution in [-0.4, -0.2) is 58.6 Å². The average molecular weight is 465 g/mol. The minimum Gasteiger partial charge on any atom is -0.507 e. The Morgan fingerprint density at radius 1 is 1.15 bits per heavy atom. The number of amides is 4. The molecular weight excluding hydrogens is 428 g/mol. The van der Waals surface area contributed by atoms with Gasteiger partial charge in [0.1, 0.15) is 23.4 Å². The molecule has 2 unspecified atom stereocenters. The highest BCUT2D eigenvalue weighted by molar-refractivity contribution is 5.92. The lowest BCUT2D eigenvalue weighted by atomic mass is 9.99. The zero-order valence-corrected chi connectivity index (χ0v) is 20.4. The Balaban J connectivity index is 3.33. The van der Waals surface area contributed by atoms with Crippen LogP contribution in [0.2, 0.25) is 0 Å². The van der Waals surface area contributed by atoms with E-state index in [2.05, 4.69) is 10.6 Å². The van der Waals surface area contributed by atoms with Crippen molar-refractivity contribution in [1.29, 1.82) is 0 Å². The third-order valence-corrected chi connectivity index (χ3v) is 4.65. The monoisotopic (exact) mass is 464 g/mol. The first-order valence-electron chi connectivity index (χ1n) is 10.8. The second-order valence-electron chi connectivity index (χ2n) is 9.23. The molecule has 0 bridgehead atoms. The van der Waals surface area contributed by atoms with Crippen molar-refractivity contribution in [3.63, 3.8) is 0 Å². The molecular formula is C23H36N4O6. The van der Waals surface area contributed by atoms with Gasteiger partial charge in [-0.15, -0.1) is 0 Å². The number of carbonyl (C=O) groups excluding carboxylic acids is 4. The van der Waals surface area contributed by atoms with Gasteiger partial charge in [-0.05, 0) is 53.5 Å². The van der Waals surface area contributed by atoms with Crippen molar-refractivity contribution in [2.75, 3.05) is 7.05 Å². The molecule has 184 valence electrons. The summed E-state index contributed by atoms with van der Waals surface area (Å²) in [5.74, 6) is -1.92. The van der Waals surface area contributed by atoms with Crippen LogP contribution < -0.4 is 16.4 Å². The Labute approximate surface area is 194 Å². The minimum atomic E-state index is -1.18. The van der Waals surface area contributed by atoms with Gasteiger partial charge in [-0.1, -0.05) is 18.2 Å². The van der Waals surface area contributed by atoms with Gasteiger partial charge in [0.2, 0.25) is 17.7 Å². The van der Waals surface area contributed by atoms with Crippen LogP contribution in [0, 0.1) is 6.92 Å². The van der Waals surface area contributed by atoms with Gasteiger partial charge >= 0.3 is 6.09 Å². The molecule has 0 heterocycles. The van der Waals surface area contributed by atoms with E-state index in [9.17, 15) is 24.3 Å². The number of rotatable bonds is 9. The van der Waals surface area contributed by atoms with Crippen LogP contribution in [0.15, 0.2) is 18.2 Å². The molecule has 10 heteroatoms. The number of nitrogens with one attached hydrogen (secondary N) is 2. The summed E-state index contributed by atoms with van der Waals surface area (Å²) in [4.78, 5) is 51.2. The number of alkyl carbamates (subject to hydrolysis) is 1. The maximum atomic E-state index is 13.4. The van der Waals surface area contributed by atoms with Crippen LogP contribution in [0.1, 0.15) is 64.6 Å². The number of hydrogen-bond acceptors (Lipinski definition) is 6. The highest BCUT2D eigenvalue weighted by Gasteiger charge is 2.35. The first-order chi connectivity index (χ1) is 15.1. The molecule has 0 aromatic heterocycles. The second-order valence-corrected chi connectivity index (χ2v) is 9.23. The Hall–Kier alpha value is -3.30. The predicted octanol–water partition coefficient (Wildman–Crippen LogP) is 1.88. The van der Waals surface area contributed by atoms with Crippen LogP contribution in [0.4, 0.5) is 4.79 Å². The number of phenols is 1. The van der Waals surface area contributed by atoms with Crippen LogP contribution in [0.5, 0.6) is 5.75 Å². The quantitative estimate of drug-likeness (QED) is 0.438. The summed E-state index contributed by atoms with van der Waals surface area (Å²) >= 11 is 0. The summed E-state index contributed by atoms with van der Waals surface area (Å²) in [6, 6.07) is 2.31. The van der Waals surface area contributed by atoms with Gasteiger partial charge in [0.05, 0.1) is 0 Å². The van der Waals surface area contributed by atoms with Crippen molar-refractivity contribution in [2.45, 2.75) is 78.1 Å². The number of benzene rings is 1. The molecule has 0 spiro atoms. The fraction of sp³-hybridized carbons (Fsp3) is 0.565. The molecule has 1 rings (SSSR count). The Bertz CT molecular complexity index is 878. The fourth-order valence-electron chi connectivity index (χ4n) is 3.16. The number of nitrogens with two attached hydrogens (primary N) is 1. The topological polar surface area (TPSA) is 151 Å². The summed E-state index contributed by atoms with van der Waals surface area (Å²) in [7, 11) is 1.39. The number of aryl methyl sites for hydroxylation is 1. The van der Waals surface area contributed by atoms with Gasteiger partial charge in [0, 0.05) is 25.1 Å². The number of phenolic OH excluding ortho intramolecular Hbond substituents is 1. The first kappa shape index (κ1) is 27.7. The molecule has 1 aromatic carbocycles. The van der Waals surface area contributed by atoms with Gasteiger partial charge in [0.15, 0.2) is 0 Å². The number of para-hydroxylation sites is 1. The summed E-state index contributed by atoms with van der Waals surface area (Å²) in [5.41, 5.74) is 5.20. The van der Waals surface area contributed by atoms with Gasteiger partial charge in [-0.25, -0.2) is 4.79 Å². The fourth-order valence-corrected chi connectivity index (χ4v) is 3.16. The Morgan fingerprint density at radius 2 is 1.76 bits per heavy atom. The molecule has 33 heavy (non-hydrogen) atoms. The van der Waals surface area contributed by atoms with Crippen molar-refractivity contribution < 1.29 is 29.0 Å². The molecule has 10 nitrogen and oxygen atoms in total. The van der Waals surface area contributed by atoms with E-state index in [-0.39, 0.29) is 30.2 Å². The number of aromatic hydroxyl groups is 1. The molecule has 2 atom stereocenters. The SMILES string of the molecule is Cc1cccc(C(C(=O)NC(C)C)N(C)C(=O)C(CCC(N)=O)NC(=O)OC(C)(C)C)c1O. The number of likely N-dealkylation sites (N-methyl/N-ethyl adjacent to an activating group) is 1. The molecule has 4 amide bonds. The maximum absolute atomic E-state index is 13.4. The highest BCUT2D eigenvalue weighted by Crippen LogP contribution is 2.31. The number of hydrogen-bond donors (Lipinski definition) is 4. The minimum absolute atomic E-state index is 0.0872. The summed E-state index contributed by atoms with van der Waals surface area (Å²) in [6.07, 6.45) is -1.10. The molecule has 0 radical (unpaired) electrons. The van der Waals surface area contributed by atoms with Crippen LogP contribution in [0.25, 0.3) is 0 Å². The first-order valence-corrected chi connectivity index (χ1v) is 10.8. The van der Waals surface area contributed by atoms with E-state index in [4.69, 9.17) is 10.5 Å². The Kier molecular flexibility index (Phi) is 9.69. The second kappa shape index (κ2) is 11.5. The third kappa shape index (κ3) is 8.63. The van der Waals surface area contributed by atoms with E-state index in [0.29, 0.717) is 5.56 Å². The average Bonchev–Trinajstić information content (AvgIpc) is 2.65. The molecule has 0 aliphatic heterocycles. The van der Waals surface area contributed by atoms with Crippen molar-refractivity contribution in [2.24, 2.45) is 5.73 Å². The van der Waals surface area contributed by atoms with E-state index >= 15 is 0 Å². The van der Waals surface area contributed by atoms with Crippen LogP contribution in [0.3, 0.4) is 0 Å². The van der Waals surface area contributed by atoms with Crippen molar-refractivity contribution in [3.05, 3.63) is 29.3 Å². The highest BCUT2D eigenvalue weighted by atomic mass is 16.6. The largest absolute Gasteiger partial charge is 0.507 e. The number of carbonyl (C=O) groups is 4. The molecule has 0 saturated carbocycles. The van der Waals surface area contributed by atoms with E-state index < -0.39 is 41.5 Å². The Morgan fingerprint density at radius 3 is 2.27 bits per heavy atom. The zero-order valence-electron chi connectivity index (χ0n) is 20.4. The van der Waals surface area contributed by atoms with E-state index in [0.717, 1.165) is 4.90 Å². The van der Waals surface area contributed by atoms with Gasteiger partial charge in [0.25, 0.3) is 0 Å².